The summed E-state index contributed by atoms with van der Waals surface area (Å²) in [4.78, 5) is 12.5. The number of thiocarbonyl (C=S) groups is 1. The monoisotopic (exact) mass is 415 g/mol. The molecule has 0 bridgehead atoms. The Morgan fingerprint density at radius 2 is 1.74 bits per heavy atom. The van der Waals surface area contributed by atoms with Gasteiger partial charge in [-0.15, -0.1) is 0 Å². The lowest BCUT2D eigenvalue weighted by molar-refractivity contribution is -0.384. The van der Waals surface area contributed by atoms with Crippen molar-refractivity contribution >= 4 is 57.8 Å². The zero-order chi connectivity index (χ0) is 19.2. The number of nitro benzene ring substituents is 1. The molecule has 0 aliphatic rings. The summed E-state index contributed by atoms with van der Waals surface area (Å²) in [6.07, 6.45) is 0. The molecule has 0 spiro atoms. The van der Waals surface area contributed by atoms with Gasteiger partial charge >= 0.3 is 0 Å². The van der Waals surface area contributed by atoms with Crippen LogP contribution in [0.5, 0.6) is 0 Å². The molecule has 0 atom stereocenters. The van der Waals surface area contributed by atoms with Crippen molar-refractivity contribution in [3.05, 3.63) is 87.9 Å². The van der Waals surface area contributed by atoms with Crippen molar-refractivity contribution in [3.63, 3.8) is 0 Å². The van der Waals surface area contributed by atoms with Crippen molar-refractivity contribution < 1.29 is 4.92 Å². The SMILES string of the molecule is O=[N+]([O-])c1cccc(NC(=S)Nc2ccccc2Sc2ccc(Cl)cc2)c1. The second-order valence-electron chi connectivity index (χ2n) is 5.44. The lowest BCUT2D eigenvalue weighted by atomic mass is 10.3. The molecule has 0 heterocycles. The normalized spacial score (nSPS) is 10.3. The molecule has 0 fully saturated rings. The first-order valence-electron chi connectivity index (χ1n) is 7.86. The van der Waals surface area contributed by atoms with Gasteiger partial charge in [0, 0.05) is 32.6 Å². The molecule has 2 N–H and O–H groups in total. The summed E-state index contributed by atoms with van der Waals surface area (Å²) >= 11 is 12.9. The van der Waals surface area contributed by atoms with Gasteiger partial charge in [0.25, 0.3) is 5.69 Å². The maximum atomic E-state index is 10.9. The van der Waals surface area contributed by atoms with E-state index in [2.05, 4.69) is 10.6 Å². The standard InChI is InChI=1S/C19H14ClN3O2S2/c20-13-8-10-16(11-9-13)27-18-7-2-1-6-17(18)22-19(26)21-14-4-3-5-15(12-14)23(24)25/h1-12H,(H2,21,22,26). The third-order valence-corrected chi connectivity index (χ3v) is 5.03. The van der Waals surface area contributed by atoms with E-state index >= 15 is 0 Å². The molecule has 0 radical (unpaired) electrons. The Hall–Kier alpha value is -2.61. The average molecular weight is 416 g/mol. The molecule has 27 heavy (non-hydrogen) atoms. The van der Waals surface area contributed by atoms with Gasteiger partial charge < -0.3 is 10.6 Å². The second-order valence-corrected chi connectivity index (χ2v) is 7.40. The number of para-hydroxylation sites is 1. The van der Waals surface area contributed by atoms with Gasteiger partial charge in [0.1, 0.15) is 0 Å². The Bertz CT molecular complexity index is 981. The zero-order valence-electron chi connectivity index (χ0n) is 13.9. The second kappa shape index (κ2) is 8.85. The fraction of sp³-hybridized carbons (Fsp3) is 0. The molecular weight excluding hydrogens is 402 g/mol. The van der Waals surface area contributed by atoms with Crippen molar-refractivity contribution in [2.24, 2.45) is 0 Å². The highest BCUT2D eigenvalue weighted by Crippen LogP contribution is 2.34. The number of nitro groups is 1. The predicted molar refractivity (Wildman–Crippen MR) is 115 cm³/mol. The Labute approximate surface area is 170 Å². The van der Waals surface area contributed by atoms with E-state index in [4.69, 9.17) is 23.8 Å². The fourth-order valence-electron chi connectivity index (χ4n) is 2.27. The van der Waals surface area contributed by atoms with Crippen LogP contribution in [0, 0.1) is 10.1 Å². The highest BCUT2D eigenvalue weighted by atomic mass is 35.5. The number of halogens is 1. The Morgan fingerprint density at radius 1 is 1.00 bits per heavy atom. The topological polar surface area (TPSA) is 67.2 Å². The van der Waals surface area contributed by atoms with Gasteiger partial charge in [-0.05, 0) is 54.7 Å². The van der Waals surface area contributed by atoms with E-state index in [1.54, 1.807) is 23.9 Å². The Morgan fingerprint density at radius 3 is 2.48 bits per heavy atom. The molecule has 3 aromatic carbocycles. The van der Waals surface area contributed by atoms with E-state index in [0.29, 0.717) is 15.8 Å². The lowest BCUT2D eigenvalue weighted by Crippen LogP contribution is -2.19. The predicted octanol–water partition coefficient (Wildman–Crippen LogP) is 6.21. The van der Waals surface area contributed by atoms with Gasteiger partial charge in [0.05, 0.1) is 10.6 Å². The fourth-order valence-corrected chi connectivity index (χ4v) is 3.53. The number of nitrogens with zero attached hydrogens (tertiary/aromatic N) is 1. The molecular formula is C19H14ClN3O2S2. The number of anilines is 2. The van der Waals surface area contributed by atoms with Crippen LogP contribution in [0.4, 0.5) is 17.1 Å². The van der Waals surface area contributed by atoms with E-state index in [1.165, 1.54) is 12.1 Å². The first kappa shape index (κ1) is 19.2. The third kappa shape index (κ3) is 5.43. The first-order valence-corrected chi connectivity index (χ1v) is 9.46. The summed E-state index contributed by atoms with van der Waals surface area (Å²) in [5.41, 5.74) is 1.38. The maximum Gasteiger partial charge on any atom is 0.271 e. The molecule has 3 aromatic rings. The van der Waals surface area contributed by atoms with Gasteiger partial charge in [-0.2, -0.15) is 0 Å². The summed E-state index contributed by atoms with van der Waals surface area (Å²) < 4.78 is 0. The molecule has 5 nitrogen and oxygen atoms in total. The quantitative estimate of drug-likeness (QED) is 0.293. The number of benzene rings is 3. The minimum absolute atomic E-state index is 0.00138. The van der Waals surface area contributed by atoms with Gasteiger partial charge in [0.15, 0.2) is 5.11 Å². The van der Waals surface area contributed by atoms with Crippen LogP contribution in [-0.2, 0) is 0 Å². The number of non-ortho nitro benzene ring substituents is 1. The van der Waals surface area contributed by atoms with E-state index in [9.17, 15) is 10.1 Å². The summed E-state index contributed by atoms with van der Waals surface area (Å²) in [5, 5.41) is 18.0. The maximum absolute atomic E-state index is 10.9. The Balaban J connectivity index is 1.72. The highest BCUT2D eigenvalue weighted by molar-refractivity contribution is 7.99. The van der Waals surface area contributed by atoms with E-state index in [0.717, 1.165) is 15.5 Å². The van der Waals surface area contributed by atoms with E-state index in [-0.39, 0.29) is 5.69 Å². The highest BCUT2D eigenvalue weighted by Gasteiger charge is 2.09. The van der Waals surface area contributed by atoms with Crippen molar-refractivity contribution in [2.45, 2.75) is 9.79 Å². The minimum atomic E-state index is -0.445. The van der Waals surface area contributed by atoms with Crippen molar-refractivity contribution in [1.29, 1.82) is 0 Å². The van der Waals surface area contributed by atoms with Crippen LogP contribution in [0.2, 0.25) is 5.02 Å². The van der Waals surface area contributed by atoms with Crippen LogP contribution in [0.25, 0.3) is 0 Å². The largest absolute Gasteiger partial charge is 0.332 e. The van der Waals surface area contributed by atoms with Crippen LogP contribution in [0.3, 0.4) is 0 Å². The summed E-state index contributed by atoms with van der Waals surface area (Å²) in [6, 6.07) is 21.5. The van der Waals surface area contributed by atoms with Gasteiger partial charge in [-0.25, -0.2) is 0 Å². The van der Waals surface area contributed by atoms with Crippen molar-refractivity contribution in [1.82, 2.24) is 0 Å². The van der Waals surface area contributed by atoms with Gasteiger partial charge in [0.2, 0.25) is 0 Å². The van der Waals surface area contributed by atoms with Crippen LogP contribution in [0.15, 0.2) is 82.6 Å². The molecule has 0 saturated carbocycles. The first-order chi connectivity index (χ1) is 13.0. The lowest BCUT2D eigenvalue weighted by Gasteiger charge is -2.14. The molecule has 0 aliphatic heterocycles. The van der Waals surface area contributed by atoms with Crippen LogP contribution >= 0.6 is 35.6 Å². The summed E-state index contributed by atoms with van der Waals surface area (Å²) in [6.45, 7) is 0. The van der Waals surface area contributed by atoms with Gasteiger partial charge in [-0.3, -0.25) is 10.1 Å². The number of hydrogen-bond donors (Lipinski definition) is 2. The molecule has 0 aromatic heterocycles. The number of rotatable bonds is 5. The minimum Gasteiger partial charge on any atom is -0.332 e. The van der Waals surface area contributed by atoms with Crippen LogP contribution in [0.1, 0.15) is 0 Å². The zero-order valence-corrected chi connectivity index (χ0v) is 16.3. The smallest absolute Gasteiger partial charge is 0.271 e. The molecule has 0 unspecified atom stereocenters. The van der Waals surface area contributed by atoms with Crippen molar-refractivity contribution in [2.75, 3.05) is 10.6 Å². The molecule has 0 amide bonds. The van der Waals surface area contributed by atoms with E-state index < -0.39 is 4.92 Å². The third-order valence-electron chi connectivity index (χ3n) is 3.49. The summed E-state index contributed by atoms with van der Waals surface area (Å²) in [5.74, 6) is 0. The summed E-state index contributed by atoms with van der Waals surface area (Å²) in [7, 11) is 0. The van der Waals surface area contributed by atoms with Crippen LogP contribution in [-0.4, -0.2) is 10.0 Å². The average Bonchev–Trinajstić information content (AvgIpc) is 2.65. The molecule has 0 saturated heterocycles. The molecule has 3 rings (SSSR count). The molecule has 8 heteroatoms. The van der Waals surface area contributed by atoms with Gasteiger partial charge in [-0.1, -0.05) is 41.6 Å². The Kier molecular flexibility index (Phi) is 6.28. The number of hydrogen-bond acceptors (Lipinski definition) is 4. The van der Waals surface area contributed by atoms with E-state index in [1.807, 2.05) is 48.5 Å². The van der Waals surface area contributed by atoms with Crippen LogP contribution < -0.4 is 10.6 Å². The van der Waals surface area contributed by atoms with Crippen molar-refractivity contribution in [3.8, 4) is 0 Å². The molecule has 0 aliphatic carbocycles. The molecule has 136 valence electrons. The number of nitrogens with one attached hydrogen (secondary N) is 2.